The fraction of sp³-hybridized carbons (Fsp3) is 0.139. The Balaban J connectivity index is 1.18. The fourth-order valence-corrected chi connectivity index (χ4v) is 6.23. The van der Waals surface area contributed by atoms with Gasteiger partial charge in [-0.1, -0.05) is 91.0 Å². The lowest BCUT2D eigenvalue weighted by Gasteiger charge is -2.45. The van der Waals surface area contributed by atoms with Gasteiger partial charge in [0.2, 0.25) is 17.3 Å². The molecule has 2 aliphatic rings. The minimum absolute atomic E-state index is 0.308. The molecule has 0 saturated carbocycles. The highest BCUT2D eigenvalue weighted by Crippen LogP contribution is 2.54. The van der Waals surface area contributed by atoms with Gasteiger partial charge in [0, 0.05) is 29.2 Å². The number of likely N-dealkylation sites (N-methyl/N-ethyl adjacent to an activating group) is 1. The summed E-state index contributed by atoms with van der Waals surface area (Å²) in [5.74, 6) is -0.261. The van der Waals surface area contributed by atoms with Crippen molar-refractivity contribution in [3.63, 3.8) is 0 Å². The summed E-state index contributed by atoms with van der Waals surface area (Å²) >= 11 is 0. The number of carbonyl (C=O) groups is 2. The number of hydrogen-bond donors (Lipinski definition) is 0. The summed E-state index contributed by atoms with van der Waals surface area (Å²) in [5.41, 5.74) is 4.91. The van der Waals surface area contributed by atoms with Crippen molar-refractivity contribution >= 4 is 39.9 Å². The van der Waals surface area contributed by atoms with E-state index in [0.717, 1.165) is 39.0 Å². The molecule has 1 spiro atoms. The van der Waals surface area contributed by atoms with Gasteiger partial charge in [-0.05, 0) is 54.1 Å². The van der Waals surface area contributed by atoms with Gasteiger partial charge in [0.25, 0.3) is 0 Å². The SMILES string of the molecule is CN1c2ccccc2C(C)(C)C12C=Nc1c(ccc3cc(-c4ccc(C(=O)C(=O)c5ccccc5)cc4)ccc13)O2. The van der Waals surface area contributed by atoms with Crippen molar-refractivity contribution in [2.75, 3.05) is 11.9 Å². The second-order valence-corrected chi connectivity index (χ2v) is 11.2. The van der Waals surface area contributed by atoms with Crippen molar-refractivity contribution < 1.29 is 14.3 Å². The van der Waals surface area contributed by atoms with Crippen LogP contribution in [0.15, 0.2) is 114 Å². The van der Waals surface area contributed by atoms with E-state index in [4.69, 9.17) is 9.73 Å². The average molecular weight is 537 g/mol. The molecule has 0 saturated heterocycles. The Bertz CT molecular complexity index is 1890. The van der Waals surface area contributed by atoms with Crippen LogP contribution in [-0.4, -0.2) is 30.6 Å². The van der Waals surface area contributed by atoms with Crippen LogP contribution in [-0.2, 0) is 5.41 Å². The topological polar surface area (TPSA) is 59.0 Å². The van der Waals surface area contributed by atoms with Crippen LogP contribution in [0.25, 0.3) is 21.9 Å². The van der Waals surface area contributed by atoms with Crippen molar-refractivity contribution in [2.45, 2.75) is 25.0 Å². The summed E-state index contributed by atoms with van der Waals surface area (Å²) < 4.78 is 6.82. The molecule has 0 aliphatic carbocycles. The van der Waals surface area contributed by atoms with Crippen molar-refractivity contribution in [3.05, 3.63) is 126 Å². The van der Waals surface area contributed by atoms with E-state index in [2.05, 4.69) is 74.3 Å². The molecule has 5 aromatic carbocycles. The maximum absolute atomic E-state index is 12.7. The molecule has 0 fully saturated rings. The molecule has 7 rings (SSSR count). The van der Waals surface area contributed by atoms with Crippen LogP contribution in [0.1, 0.15) is 40.1 Å². The predicted molar refractivity (Wildman–Crippen MR) is 164 cm³/mol. The number of fused-ring (bicyclic) bond motifs is 4. The molecule has 0 N–H and O–H groups in total. The van der Waals surface area contributed by atoms with Crippen molar-refractivity contribution in [3.8, 4) is 16.9 Å². The zero-order valence-corrected chi connectivity index (χ0v) is 23.1. The summed E-state index contributed by atoms with van der Waals surface area (Å²) in [5, 5.41) is 2.05. The zero-order valence-electron chi connectivity index (χ0n) is 23.1. The number of nitrogens with zero attached hydrogens (tertiary/aromatic N) is 2. The van der Waals surface area contributed by atoms with Crippen LogP contribution < -0.4 is 9.64 Å². The van der Waals surface area contributed by atoms with Crippen LogP contribution in [0, 0.1) is 0 Å². The van der Waals surface area contributed by atoms with Gasteiger partial charge in [-0.3, -0.25) is 14.6 Å². The molecule has 2 aliphatic heterocycles. The lowest BCUT2D eigenvalue weighted by molar-refractivity contribution is 0.0817. The van der Waals surface area contributed by atoms with E-state index >= 15 is 0 Å². The van der Waals surface area contributed by atoms with E-state index in [1.165, 1.54) is 5.56 Å². The number of hydrogen-bond acceptors (Lipinski definition) is 5. The van der Waals surface area contributed by atoms with Gasteiger partial charge in [-0.2, -0.15) is 0 Å². The second-order valence-electron chi connectivity index (χ2n) is 11.2. The molecule has 200 valence electrons. The maximum Gasteiger partial charge on any atom is 0.233 e. The molecule has 1 unspecified atom stereocenters. The monoisotopic (exact) mass is 536 g/mol. The Hall–Kier alpha value is -5.03. The third kappa shape index (κ3) is 3.66. The van der Waals surface area contributed by atoms with Crippen molar-refractivity contribution in [1.82, 2.24) is 0 Å². The van der Waals surface area contributed by atoms with Gasteiger partial charge in [-0.25, -0.2) is 0 Å². The first-order valence-electron chi connectivity index (χ1n) is 13.7. The first kappa shape index (κ1) is 25.0. The molecule has 5 aromatic rings. The average Bonchev–Trinajstić information content (AvgIpc) is 3.18. The summed E-state index contributed by atoms with van der Waals surface area (Å²) in [4.78, 5) is 32.5. The highest BCUT2D eigenvalue weighted by atomic mass is 16.5. The number of aliphatic imine (C=N–C) groups is 1. The molecular weight excluding hydrogens is 508 g/mol. The molecule has 5 nitrogen and oxygen atoms in total. The van der Waals surface area contributed by atoms with E-state index in [1.807, 2.05) is 30.5 Å². The number of Topliss-reactive ketones (excluding diaryl/α,β-unsaturated/α-hetero) is 2. The molecule has 0 bridgehead atoms. The van der Waals surface area contributed by atoms with Crippen LogP contribution in [0.3, 0.4) is 0 Å². The highest BCUT2D eigenvalue weighted by molar-refractivity contribution is 6.49. The van der Waals surface area contributed by atoms with Gasteiger partial charge in [-0.15, -0.1) is 0 Å². The van der Waals surface area contributed by atoms with E-state index < -0.39 is 17.3 Å². The molecule has 1 atom stereocenters. The van der Waals surface area contributed by atoms with Crippen molar-refractivity contribution in [2.24, 2.45) is 4.99 Å². The van der Waals surface area contributed by atoms with E-state index in [-0.39, 0.29) is 5.41 Å². The summed E-state index contributed by atoms with van der Waals surface area (Å²) in [6.45, 7) is 4.41. The zero-order chi connectivity index (χ0) is 28.4. The minimum Gasteiger partial charge on any atom is -0.459 e. The number of carbonyl (C=O) groups excluding carboxylic acids is 2. The quantitative estimate of drug-likeness (QED) is 0.174. The Kier molecular flexibility index (Phi) is 5.48. The van der Waals surface area contributed by atoms with Crippen LogP contribution in [0.4, 0.5) is 11.4 Å². The van der Waals surface area contributed by atoms with E-state index in [1.54, 1.807) is 36.4 Å². The molecule has 0 amide bonds. The standard InChI is InChI=1S/C36H28N2O3/c1-35(2)29-11-7-8-12-30(29)38(3)36(35)22-37-32-28-19-17-26(21-27(28)18-20-31(32)41-36)23-13-15-25(16-14-23)34(40)33(39)24-9-5-4-6-10-24/h4-22H,1-3H3. The van der Waals surface area contributed by atoms with Gasteiger partial charge in [0.1, 0.15) is 11.4 Å². The molecule has 2 heterocycles. The minimum atomic E-state index is -0.724. The van der Waals surface area contributed by atoms with Crippen LogP contribution in [0.5, 0.6) is 5.75 Å². The number of para-hydroxylation sites is 1. The first-order chi connectivity index (χ1) is 19.8. The molecular formula is C36H28N2O3. The van der Waals surface area contributed by atoms with E-state index in [9.17, 15) is 9.59 Å². The van der Waals surface area contributed by atoms with Crippen LogP contribution in [0.2, 0.25) is 0 Å². The first-order valence-corrected chi connectivity index (χ1v) is 13.7. The number of anilines is 1. The van der Waals surface area contributed by atoms with E-state index in [0.29, 0.717) is 11.1 Å². The Labute approximate surface area is 238 Å². The smallest absolute Gasteiger partial charge is 0.233 e. The van der Waals surface area contributed by atoms with Gasteiger partial charge in [0.15, 0.2) is 0 Å². The molecule has 0 aromatic heterocycles. The van der Waals surface area contributed by atoms with Gasteiger partial charge < -0.3 is 9.64 Å². The lowest BCUT2D eigenvalue weighted by atomic mass is 9.77. The molecule has 0 radical (unpaired) electrons. The van der Waals surface area contributed by atoms with Crippen LogP contribution >= 0.6 is 0 Å². The van der Waals surface area contributed by atoms with Crippen molar-refractivity contribution in [1.29, 1.82) is 0 Å². The van der Waals surface area contributed by atoms with Gasteiger partial charge >= 0.3 is 0 Å². The fourth-order valence-electron chi connectivity index (χ4n) is 6.23. The Morgan fingerprint density at radius 2 is 1.39 bits per heavy atom. The highest BCUT2D eigenvalue weighted by Gasteiger charge is 2.58. The normalized spacial score (nSPS) is 18.2. The van der Waals surface area contributed by atoms with Gasteiger partial charge in [0.05, 0.1) is 11.6 Å². The number of ketones is 2. The lowest BCUT2D eigenvalue weighted by Crippen LogP contribution is -2.61. The number of rotatable bonds is 4. The third-order valence-corrected chi connectivity index (χ3v) is 8.64. The summed E-state index contributed by atoms with van der Waals surface area (Å²) in [7, 11) is 2.06. The Morgan fingerprint density at radius 3 is 2.12 bits per heavy atom. The molecule has 41 heavy (non-hydrogen) atoms. The molecule has 5 heteroatoms. The predicted octanol–water partition coefficient (Wildman–Crippen LogP) is 7.79. The maximum atomic E-state index is 12.7. The third-order valence-electron chi connectivity index (χ3n) is 8.64. The summed E-state index contributed by atoms with van der Waals surface area (Å²) in [6, 6.07) is 34.5. The second kappa shape index (κ2) is 9.00. The number of ether oxygens (including phenoxy) is 1. The number of benzene rings is 5. The largest absolute Gasteiger partial charge is 0.459 e. The Morgan fingerprint density at radius 1 is 0.732 bits per heavy atom. The summed E-state index contributed by atoms with van der Waals surface area (Å²) in [6.07, 6.45) is 1.95.